The molecule has 3 N–H and O–H groups in total. The van der Waals surface area contributed by atoms with E-state index in [0.717, 1.165) is 11.6 Å². The fourth-order valence-corrected chi connectivity index (χ4v) is 5.48. The number of benzene rings is 3. The Morgan fingerprint density at radius 3 is 2.28 bits per heavy atom. The van der Waals surface area contributed by atoms with Crippen LogP contribution in [0.4, 0.5) is 29.3 Å². The Hall–Kier alpha value is -4.61. The van der Waals surface area contributed by atoms with Gasteiger partial charge in [-0.2, -0.15) is 18.2 Å². The molecule has 5 rings (SSSR count). The molecule has 0 saturated carbocycles. The van der Waals surface area contributed by atoms with Gasteiger partial charge in [0.15, 0.2) is 11.5 Å². The molecule has 0 unspecified atom stereocenters. The summed E-state index contributed by atoms with van der Waals surface area (Å²) in [4.78, 5) is 24.9. The Bertz CT molecular complexity index is 1620. The summed E-state index contributed by atoms with van der Waals surface area (Å²) >= 11 is 0. The van der Waals surface area contributed by atoms with Crippen molar-refractivity contribution in [3.8, 4) is 11.5 Å². The lowest BCUT2D eigenvalue weighted by atomic mass is 9.73. The summed E-state index contributed by atoms with van der Waals surface area (Å²) in [5.41, 5.74) is 5.92. The zero-order chi connectivity index (χ0) is 30.8. The van der Waals surface area contributed by atoms with Crippen LogP contribution in [0.2, 0.25) is 0 Å². The molecule has 2 heterocycles. The Labute approximate surface area is 245 Å². The molecule has 1 amide bonds. The van der Waals surface area contributed by atoms with Crippen molar-refractivity contribution in [3.63, 3.8) is 0 Å². The minimum atomic E-state index is -4.79. The van der Waals surface area contributed by atoms with Crippen molar-refractivity contribution < 1.29 is 31.8 Å². The van der Waals surface area contributed by atoms with E-state index in [4.69, 9.17) is 20.2 Å². The van der Waals surface area contributed by atoms with E-state index in [1.165, 1.54) is 20.3 Å². The molecule has 0 radical (unpaired) electrons. The number of nitrogens with one attached hydrogen (secondary N) is 1. The normalized spacial score (nSPS) is 14.9. The van der Waals surface area contributed by atoms with Gasteiger partial charge in [0.25, 0.3) is 0 Å². The van der Waals surface area contributed by atoms with E-state index in [-0.39, 0.29) is 23.8 Å². The molecule has 226 valence electrons. The monoisotopic (exact) mass is 597 g/mol. The van der Waals surface area contributed by atoms with Crippen LogP contribution in [0.1, 0.15) is 29.5 Å². The number of alkyl halides is 3. The van der Waals surface area contributed by atoms with Crippen LogP contribution in [0.15, 0.2) is 60.7 Å². The van der Waals surface area contributed by atoms with Gasteiger partial charge in [0.1, 0.15) is 11.6 Å². The maximum Gasteiger partial charge on any atom is 0.419 e. The molecular formula is C31H31F4N5O3. The van der Waals surface area contributed by atoms with Gasteiger partial charge in [-0.1, -0.05) is 36.4 Å². The lowest BCUT2D eigenvalue weighted by molar-refractivity contribution is -0.140. The number of nitrogens with two attached hydrogens (primary N) is 1. The Morgan fingerprint density at radius 2 is 1.65 bits per heavy atom. The van der Waals surface area contributed by atoms with Crippen LogP contribution in [-0.2, 0) is 23.9 Å². The number of piperidine rings is 1. The molecule has 0 atom stereocenters. The summed E-state index contributed by atoms with van der Waals surface area (Å²) < 4.78 is 63.8. The fourth-order valence-electron chi connectivity index (χ4n) is 5.48. The molecular weight excluding hydrogens is 566 g/mol. The van der Waals surface area contributed by atoms with Crippen molar-refractivity contribution in [2.24, 2.45) is 5.41 Å². The minimum absolute atomic E-state index is 0.107. The van der Waals surface area contributed by atoms with E-state index in [9.17, 15) is 22.4 Å². The van der Waals surface area contributed by atoms with Gasteiger partial charge < -0.3 is 25.4 Å². The molecule has 1 fully saturated rings. The Kier molecular flexibility index (Phi) is 8.30. The molecule has 1 aliphatic rings. The number of hydrogen-bond acceptors (Lipinski definition) is 7. The van der Waals surface area contributed by atoms with Crippen LogP contribution in [0.5, 0.6) is 11.5 Å². The number of carbonyl (C=O) groups excluding carboxylic acids is 1. The summed E-state index contributed by atoms with van der Waals surface area (Å²) in [7, 11) is 3.06. The number of halogens is 4. The van der Waals surface area contributed by atoms with Crippen LogP contribution in [-0.4, -0.2) is 43.2 Å². The van der Waals surface area contributed by atoms with Crippen molar-refractivity contribution in [2.45, 2.75) is 32.0 Å². The van der Waals surface area contributed by atoms with Gasteiger partial charge >= 0.3 is 6.18 Å². The first-order valence-corrected chi connectivity index (χ1v) is 13.6. The molecule has 3 aromatic carbocycles. The fraction of sp³-hybridized carbons (Fsp3) is 0.323. The largest absolute Gasteiger partial charge is 0.493 e. The second-order valence-corrected chi connectivity index (χ2v) is 10.6. The Morgan fingerprint density at radius 1 is 0.977 bits per heavy atom. The summed E-state index contributed by atoms with van der Waals surface area (Å²) in [6.07, 6.45) is -3.45. The zero-order valence-electron chi connectivity index (χ0n) is 23.7. The van der Waals surface area contributed by atoms with E-state index in [2.05, 4.69) is 10.3 Å². The topological polar surface area (TPSA) is 103 Å². The highest BCUT2D eigenvalue weighted by Gasteiger charge is 2.42. The van der Waals surface area contributed by atoms with Crippen molar-refractivity contribution in [3.05, 3.63) is 83.2 Å². The average molecular weight is 598 g/mol. The first-order chi connectivity index (χ1) is 20.5. The maximum atomic E-state index is 14.1. The lowest BCUT2D eigenvalue weighted by Crippen LogP contribution is -2.50. The highest BCUT2D eigenvalue weighted by molar-refractivity contribution is 5.92. The number of hydrogen-bond donors (Lipinski definition) is 2. The van der Waals surface area contributed by atoms with Gasteiger partial charge in [0.2, 0.25) is 11.9 Å². The molecule has 1 saturated heterocycles. The van der Waals surface area contributed by atoms with Crippen molar-refractivity contribution in [2.75, 3.05) is 37.9 Å². The van der Waals surface area contributed by atoms with E-state index in [1.54, 1.807) is 12.1 Å². The van der Waals surface area contributed by atoms with Crippen molar-refractivity contribution in [1.82, 2.24) is 15.3 Å². The van der Waals surface area contributed by atoms with Crippen molar-refractivity contribution >= 4 is 28.6 Å². The standard InChI is InChI=1S/C31H31F4N5O3/c1-42-25-15-21-24(16-26(25)43-2)38-29(39-27(21)36)40-12-10-30(11-13-40,17-19-6-4-3-5-7-19)28(41)37-18-20-8-9-22(23(32)14-20)31(33,34)35/h3-9,14-16H,10-13,17-18H2,1-2H3,(H,37,41)(H2,36,38,39). The van der Waals surface area contributed by atoms with Crippen LogP contribution >= 0.6 is 0 Å². The smallest absolute Gasteiger partial charge is 0.419 e. The van der Waals surface area contributed by atoms with Crippen LogP contribution in [0, 0.1) is 11.2 Å². The third kappa shape index (κ3) is 6.27. The number of rotatable bonds is 8. The van der Waals surface area contributed by atoms with Gasteiger partial charge in [-0.15, -0.1) is 0 Å². The molecule has 1 aromatic heterocycles. The number of carbonyl (C=O) groups is 1. The lowest BCUT2D eigenvalue weighted by Gasteiger charge is -2.41. The first-order valence-electron chi connectivity index (χ1n) is 13.6. The highest BCUT2D eigenvalue weighted by atomic mass is 19.4. The predicted molar refractivity (Wildman–Crippen MR) is 154 cm³/mol. The molecule has 0 aliphatic carbocycles. The summed E-state index contributed by atoms with van der Waals surface area (Å²) in [6, 6.07) is 15.7. The van der Waals surface area contributed by atoms with E-state index in [0.29, 0.717) is 66.8 Å². The first kappa shape index (κ1) is 29.9. The zero-order valence-corrected chi connectivity index (χ0v) is 23.7. The van der Waals surface area contributed by atoms with Crippen molar-refractivity contribution in [1.29, 1.82) is 0 Å². The SMILES string of the molecule is COc1cc2nc(N3CCC(Cc4ccccc4)(C(=O)NCc4ccc(C(F)(F)F)c(F)c4)CC3)nc(N)c2cc1OC. The number of fused-ring (bicyclic) bond motifs is 1. The third-order valence-electron chi connectivity index (χ3n) is 7.88. The number of nitrogen functional groups attached to an aromatic ring is 1. The number of amides is 1. The van der Waals surface area contributed by atoms with Gasteiger partial charge in [-0.25, -0.2) is 9.37 Å². The molecule has 43 heavy (non-hydrogen) atoms. The summed E-state index contributed by atoms with van der Waals surface area (Å²) in [5, 5.41) is 3.47. The maximum absolute atomic E-state index is 14.1. The van der Waals surface area contributed by atoms with Crippen LogP contribution in [0.3, 0.4) is 0 Å². The predicted octanol–water partition coefficient (Wildman–Crippen LogP) is 5.53. The van der Waals surface area contributed by atoms with E-state index < -0.39 is 23.0 Å². The third-order valence-corrected chi connectivity index (χ3v) is 7.88. The number of aromatic nitrogens is 2. The summed E-state index contributed by atoms with van der Waals surface area (Å²) in [5.74, 6) is 0.0788. The van der Waals surface area contributed by atoms with Gasteiger partial charge in [0.05, 0.1) is 30.7 Å². The van der Waals surface area contributed by atoms with E-state index >= 15 is 0 Å². The number of nitrogens with zero attached hydrogens (tertiary/aromatic N) is 3. The van der Waals surface area contributed by atoms with Gasteiger partial charge in [-0.3, -0.25) is 4.79 Å². The quantitative estimate of drug-likeness (QED) is 0.258. The second-order valence-electron chi connectivity index (χ2n) is 10.6. The van der Waals surface area contributed by atoms with Crippen LogP contribution in [0.25, 0.3) is 10.9 Å². The molecule has 1 aliphatic heterocycles. The summed E-state index contributed by atoms with van der Waals surface area (Å²) in [6.45, 7) is 0.796. The molecule has 0 spiro atoms. The van der Waals surface area contributed by atoms with Gasteiger partial charge in [0, 0.05) is 31.1 Å². The van der Waals surface area contributed by atoms with Gasteiger partial charge in [-0.05, 0) is 48.6 Å². The molecule has 4 aromatic rings. The second kappa shape index (κ2) is 11.9. The average Bonchev–Trinajstić information content (AvgIpc) is 2.99. The number of ether oxygens (including phenoxy) is 2. The molecule has 8 nitrogen and oxygen atoms in total. The highest BCUT2D eigenvalue weighted by Crippen LogP contribution is 2.39. The molecule has 12 heteroatoms. The number of methoxy groups -OCH3 is 2. The minimum Gasteiger partial charge on any atom is -0.493 e. The van der Waals surface area contributed by atoms with Crippen LogP contribution < -0.4 is 25.4 Å². The Balaban J connectivity index is 1.36. The van der Waals surface area contributed by atoms with E-state index in [1.807, 2.05) is 35.2 Å². The molecule has 0 bridgehead atoms. The number of anilines is 2.